The van der Waals surface area contributed by atoms with Gasteiger partial charge in [-0.25, -0.2) is 0 Å². The molecule has 0 radical (unpaired) electrons. The van der Waals surface area contributed by atoms with E-state index in [1.807, 2.05) is 6.07 Å². The molecule has 1 unspecified atom stereocenters. The molecule has 2 heterocycles. The Kier molecular flexibility index (Phi) is 4.71. The quantitative estimate of drug-likeness (QED) is 0.852. The van der Waals surface area contributed by atoms with Crippen LogP contribution in [0.15, 0.2) is 18.3 Å². The van der Waals surface area contributed by atoms with Crippen LogP contribution in [0.2, 0.25) is 0 Å². The van der Waals surface area contributed by atoms with Gasteiger partial charge in [0.2, 0.25) is 0 Å². The van der Waals surface area contributed by atoms with Crippen LogP contribution in [0.4, 0.5) is 5.69 Å². The van der Waals surface area contributed by atoms with Gasteiger partial charge in [-0.1, -0.05) is 19.1 Å². The second kappa shape index (κ2) is 6.30. The summed E-state index contributed by atoms with van der Waals surface area (Å²) in [6, 6.07) is 4.53. The Labute approximate surface area is 120 Å². The third kappa shape index (κ3) is 3.22. The van der Waals surface area contributed by atoms with Crippen molar-refractivity contribution in [1.29, 1.82) is 0 Å². The van der Waals surface area contributed by atoms with Gasteiger partial charge in [-0.15, -0.1) is 0 Å². The minimum atomic E-state index is 0.378. The van der Waals surface area contributed by atoms with Crippen LogP contribution < -0.4 is 10.6 Å². The van der Waals surface area contributed by atoms with Crippen LogP contribution in [0, 0.1) is 0 Å². The lowest BCUT2D eigenvalue weighted by atomic mass is 10.1. The molecule has 19 heavy (non-hydrogen) atoms. The summed E-state index contributed by atoms with van der Waals surface area (Å²) in [5.74, 6) is 0. The van der Waals surface area contributed by atoms with E-state index in [9.17, 15) is 0 Å². The molecule has 1 fully saturated rings. The van der Waals surface area contributed by atoms with Gasteiger partial charge >= 0.3 is 0 Å². The summed E-state index contributed by atoms with van der Waals surface area (Å²) < 4.78 is 0. The van der Waals surface area contributed by atoms with Crippen LogP contribution in [-0.4, -0.2) is 47.6 Å². The topological polar surface area (TPSA) is 45.4 Å². The van der Waals surface area contributed by atoms with Crippen LogP contribution >= 0.6 is 12.2 Å². The van der Waals surface area contributed by atoms with Gasteiger partial charge < -0.3 is 15.5 Å². The first-order valence-electron chi connectivity index (χ1n) is 6.83. The summed E-state index contributed by atoms with van der Waals surface area (Å²) in [5, 5.41) is 0. The van der Waals surface area contributed by atoms with E-state index in [0.29, 0.717) is 11.0 Å². The summed E-state index contributed by atoms with van der Waals surface area (Å²) >= 11 is 5.13. The van der Waals surface area contributed by atoms with Gasteiger partial charge in [0.1, 0.15) is 10.7 Å². The predicted octanol–water partition coefficient (Wildman–Crippen LogP) is 1.64. The Balaban J connectivity index is 2.35. The van der Waals surface area contributed by atoms with Crippen LogP contribution in [0.3, 0.4) is 0 Å². The monoisotopic (exact) mass is 278 g/mol. The fourth-order valence-corrected chi connectivity index (χ4v) is 2.89. The number of likely N-dealkylation sites (N-methyl/N-ethyl adjacent to an activating group) is 1. The van der Waals surface area contributed by atoms with Crippen molar-refractivity contribution in [3.63, 3.8) is 0 Å². The van der Waals surface area contributed by atoms with Gasteiger partial charge in [0, 0.05) is 25.3 Å². The fourth-order valence-electron chi connectivity index (χ4n) is 2.73. The SMILES string of the molecule is CCC1CN(C)CCCN1c1cccnc1C(N)=S. The van der Waals surface area contributed by atoms with E-state index in [1.54, 1.807) is 6.20 Å². The van der Waals surface area contributed by atoms with Crippen molar-refractivity contribution in [1.82, 2.24) is 9.88 Å². The lowest BCUT2D eigenvalue weighted by Gasteiger charge is -2.33. The van der Waals surface area contributed by atoms with Gasteiger partial charge in [0.05, 0.1) is 5.69 Å². The van der Waals surface area contributed by atoms with E-state index >= 15 is 0 Å². The maximum Gasteiger partial charge on any atom is 0.124 e. The van der Waals surface area contributed by atoms with E-state index in [1.165, 1.54) is 0 Å². The molecule has 4 nitrogen and oxygen atoms in total. The van der Waals surface area contributed by atoms with Gasteiger partial charge in [-0.2, -0.15) is 0 Å². The lowest BCUT2D eigenvalue weighted by molar-refractivity contribution is 0.328. The van der Waals surface area contributed by atoms with Crippen LogP contribution in [-0.2, 0) is 0 Å². The zero-order valence-electron chi connectivity index (χ0n) is 11.7. The van der Waals surface area contributed by atoms with Gasteiger partial charge in [-0.3, -0.25) is 4.98 Å². The van der Waals surface area contributed by atoms with Crippen molar-refractivity contribution < 1.29 is 0 Å². The smallest absolute Gasteiger partial charge is 0.124 e. The Bertz CT molecular complexity index is 449. The van der Waals surface area contributed by atoms with Crippen LogP contribution in [0.5, 0.6) is 0 Å². The first-order valence-corrected chi connectivity index (χ1v) is 7.24. The molecule has 0 amide bonds. The number of hydrogen-bond acceptors (Lipinski definition) is 4. The Morgan fingerprint density at radius 2 is 2.32 bits per heavy atom. The Morgan fingerprint density at radius 1 is 1.53 bits per heavy atom. The highest BCUT2D eigenvalue weighted by Crippen LogP contribution is 2.24. The number of rotatable bonds is 3. The zero-order chi connectivity index (χ0) is 13.8. The minimum absolute atomic E-state index is 0.378. The van der Waals surface area contributed by atoms with Crippen molar-refractivity contribution in [3.8, 4) is 0 Å². The molecule has 5 heteroatoms. The molecule has 0 aliphatic carbocycles. The second-order valence-corrected chi connectivity index (χ2v) is 5.55. The molecule has 1 aliphatic rings. The molecule has 104 valence electrons. The fraction of sp³-hybridized carbons (Fsp3) is 0.571. The minimum Gasteiger partial charge on any atom is -0.388 e. The van der Waals surface area contributed by atoms with Crippen LogP contribution in [0.25, 0.3) is 0 Å². The van der Waals surface area contributed by atoms with Crippen molar-refractivity contribution in [3.05, 3.63) is 24.0 Å². The van der Waals surface area contributed by atoms with Crippen molar-refractivity contribution in [2.24, 2.45) is 5.73 Å². The van der Waals surface area contributed by atoms with Gasteiger partial charge in [0.15, 0.2) is 0 Å². The summed E-state index contributed by atoms with van der Waals surface area (Å²) in [6.07, 6.45) is 4.01. The third-order valence-corrected chi connectivity index (χ3v) is 3.90. The molecule has 2 N–H and O–H groups in total. The summed E-state index contributed by atoms with van der Waals surface area (Å²) in [4.78, 5) is 9.54. The Hall–Kier alpha value is -1.20. The van der Waals surface area contributed by atoms with E-state index < -0.39 is 0 Å². The molecular weight excluding hydrogens is 256 g/mol. The molecule has 1 aromatic heterocycles. The highest BCUT2D eigenvalue weighted by atomic mass is 32.1. The molecule has 1 aliphatic heterocycles. The normalized spacial score (nSPS) is 21.2. The standard InChI is InChI=1S/C14H22N4S/c1-3-11-10-17(2)8-5-9-18(11)12-6-4-7-16-13(12)14(15)19/h4,6-7,11H,3,5,8-10H2,1-2H3,(H2,15,19). The van der Waals surface area contributed by atoms with Gasteiger partial charge in [0.25, 0.3) is 0 Å². The molecule has 1 atom stereocenters. The number of pyridine rings is 1. The van der Waals surface area contributed by atoms with E-state index in [2.05, 4.69) is 34.8 Å². The number of hydrogen-bond donors (Lipinski definition) is 1. The summed E-state index contributed by atoms with van der Waals surface area (Å²) in [6.45, 7) is 5.47. The predicted molar refractivity (Wildman–Crippen MR) is 83.7 cm³/mol. The Morgan fingerprint density at radius 3 is 3.00 bits per heavy atom. The molecule has 2 rings (SSSR count). The van der Waals surface area contributed by atoms with Crippen molar-refractivity contribution in [2.75, 3.05) is 31.6 Å². The van der Waals surface area contributed by atoms with Gasteiger partial charge in [-0.05, 0) is 38.6 Å². The molecule has 0 bridgehead atoms. The van der Waals surface area contributed by atoms with E-state index in [4.69, 9.17) is 18.0 Å². The van der Waals surface area contributed by atoms with E-state index in [-0.39, 0.29) is 0 Å². The molecule has 1 saturated heterocycles. The number of thiocarbonyl (C=S) groups is 1. The number of nitrogens with two attached hydrogens (primary N) is 1. The maximum absolute atomic E-state index is 5.81. The highest BCUT2D eigenvalue weighted by Gasteiger charge is 2.24. The maximum atomic E-state index is 5.81. The molecule has 0 aromatic carbocycles. The summed E-state index contributed by atoms with van der Waals surface area (Å²) in [7, 11) is 2.18. The average Bonchev–Trinajstić information content (AvgIpc) is 2.60. The number of aromatic nitrogens is 1. The van der Waals surface area contributed by atoms with Crippen molar-refractivity contribution >= 4 is 22.9 Å². The third-order valence-electron chi connectivity index (χ3n) is 3.70. The molecular formula is C14H22N4S. The lowest BCUT2D eigenvalue weighted by Crippen LogP contribution is -2.40. The molecule has 0 saturated carbocycles. The average molecular weight is 278 g/mol. The highest BCUT2D eigenvalue weighted by molar-refractivity contribution is 7.80. The second-order valence-electron chi connectivity index (χ2n) is 5.11. The van der Waals surface area contributed by atoms with E-state index in [0.717, 1.165) is 43.9 Å². The van der Waals surface area contributed by atoms with Crippen molar-refractivity contribution in [2.45, 2.75) is 25.8 Å². The molecule has 0 spiro atoms. The summed E-state index contributed by atoms with van der Waals surface area (Å²) in [5.41, 5.74) is 7.64. The number of nitrogens with zero attached hydrogens (tertiary/aromatic N) is 3. The zero-order valence-corrected chi connectivity index (χ0v) is 12.5. The first kappa shape index (κ1) is 14.2. The largest absolute Gasteiger partial charge is 0.388 e. The molecule has 1 aromatic rings. The first-order chi connectivity index (χ1) is 9.13. The van der Waals surface area contributed by atoms with Crippen LogP contribution in [0.1, 0.15) is 25.5 Å². The number of anilines is 1.